The van der Waals surface area contributed by atoms with Crippen LogP contribution in [0, 0.1) is 0 Å². The van der Waals surface area contributed by atoms with Crippen LogP contribution in [0.4, 0.5) is 4.79 Å². The summed E-state index contributed by atoms with van der Waals surface area (Å²) in [5.74, 6) is -0.840. The minimum atomic E-state index is -1.39. The maximum absolute atomic E-state index is 14.5. The maximum atomic E-state index is 14.5. The van der Waals surface area contributed by atoms with Gasteiger partial charge in [-0.2, -0.15) is 0 Å². The molecule has 2 amide bonds. The van der Waals surface area contributed by atoms with Crippen molar-refractivity contribution < 1.29 is 23.9 Å². The van der Waals surface area contributed by atoms with Crippen molar-refractivity contribution in [3.63, 3.8) is 0 Å². The van der Waals surface area contributed by atoms with E-state index in [1.54, 1.807) is 15.9 Å². The Kier molecular flexibility index (Phi) is 7.72. The molecule has 2 heterocycles. The van der Waals surface area contributed by atoms with Crippen LogP contribution in [0.1, 0.15) is 56.0 Å². The number of nitrogens with zero attached hydrogens (tertiary/aromatic N) is 2. The number of carbonyl (C=O) groups is 3. The molecule has 0 N–H and O–H groups in total. The third-order valence-electron chi connectivity index (χ3n) is 7.67. The number of β-lactam (4-membered cyclic amide) rings is 1. The van der Waals surface area contributed by atoms with Crippen molar-refractivity contribution in [2.45, 2.75) is 62.9 Å². The molecule has 4 atom stereocenters. The van der Waals surface area contributed by atoms with Gasteiger partial charge in [0.25, 0.3) is 0 Å². The van der Waals surface area contributed by atoms with E-state index in [0.717, 1.165) is 16.7 Å². The van der Waals surface area contributed by atoms with E-state index in [0.29, 0.717) is 0 Å². The van der Waals surface area contributed by atoms with Gasteiger partial charge in [0.15, 0.2) is 0 Å². The smallest absolute Gasteiger partial charge is 0.411 e. The van der Waals surface area contributed by atoms with Crippen LogP contribution in [-0.2, 0) is 25.5 Å². The molecule has 0 aromatic heterocycles. The predicted octanol–water partition coefficient (Wildman–Crippen LogP) is 6.03. The zero-order chi connectivity index (χ0) is 29.2. The molecule has 2 aliphatic heterocycles. The second-order valence-corrected chi connectivity index (χ2v) is 11.6. The summed E-state index contributed by atoms with van der Waals surface area (Å²) in [4.78, 5) is 45.1. The lowest BCUT2D eigenvalue weighted by Crippen LogP contribution is -2.75. The van der Waals surface area contributed by atoms with Gasteiger partial charge in [0, 0.05) is 6.42 Å². The van der Waals surface area contributed by atoms with E-state index in [-0.39, 0.29) is 25.4 Å². The van der Waals surface area contributed by atoms with Crippen LogP contribution in [-0.4, -0.2) is 51.6 Å². The first kappa shape index (κ1) is 28.1. The quantitative estimate of drug-likeness (QED) is 0.184. The average molecular weight is 553 g/mol. The van der Waals surface area contributed by atoms with Crippen molar-refractivity contribution in [1.82, 2.24) is 9.80 Å². The molecule has 3 aromatic carbocycles. The summed E-state index contributed by atoms with van der Waals surface area (Å²) < 4.78 is 11.5. The summed E-state index contributed by atoms with van der Waals surface area (Å²) in [6.45, 7) is 9.54. The van der Waals surface area contributed by atoms with Crippen LogP contribution in [0.2, 0.25) is 0 Å². The number of amides is 2. The third-order valence-corrected chi connectivity index (χ3v) is 7.67. The van der Waals surface area contributed by atoms with Crippen LogP contribution >= 0.6 is 0 Å². The number of esters is 1. The molecule has 7 heteroatoms. The van der Waals surface area contributed by atoms with Gasteiger partial charge < -0.3 is 14.4 Å². The number of benzene rings is 3. The lowest BCUT2D eigenvalue weighted by molar-refractivity contribution is -0.192. The van der Waals surface area contributed by atoms with Gasteiger partial charge in [-0.1, -0.05) is 97.1 Å². The van der Waals surface area contributed by atoms with Crippen LogP contribution in [0.25, 0.3) is 0 Å². The molecule has 2 aliphatic rings. The van der Waals surface area contributed by atoms with E-state index in [9.17, 15) is 14.4 Å². The Hall–Kier alpha value is -4.39. The SMILES string of the molecule is C=CC[C@](Cc1ccccc1)(C(=O)OC(C)(C)C)N1C(=O)[C@@H](N2C(=O)OC[C@@H]2c2ccccc2)[C@H]1c1ccccc1. The largest absolute Gasteiger partial charge is 0.458 e. The van der Waals surface area contributed by atoms with Crippen molar-refractivity contribution in [2.75, 3.05) is 6.61 Å². The van der Waals surface area contributed by atoms with E-state index in [1.807, 2.05) is 112 Å². The van der Waals surface area contributed by atoms with E-state index in [1.165, 1.54) is 0 Å². The first-order valence-electron chi connectivity index (χ1n) is 13.9. The minimum Gasteiger partial charge on any atom is -0.458 e. The van der Waals surface area contributed by atoms with Gasteiger partial charge in [0.1, 0.15) is 23.8 Å². The molecule has 0 spiro atoms. The molecule has 0 bridgehead atoms. The van der Waals surface area contributed by atoms with E-state index >= 15 is 0 Å². The first-order chi connectivity index (χ1) is 19.7. The Balaban J connectivity index is 1.64. The van der Waals surface area contributed by atoms with Crippen molar-refractivity contribution in [3.8, 4) is 0 Å². The van der Waals surface area contributed by atoms with Crippen molar-refractivity contribution in [2.24, 2.45) is 0 Å². The fourth-order valence-corrected chi connectivity index (χ4v) is 5.93. The van der Waals surface area contributed by atoms with E-state index in [2.05, 4.69) is 6.58 Å². The molecule has 0 saturated carbocycles. The highest BCUT2D eigenvalue weighted by atomic mass is 16.6. The number of hydrogen-bond acceptors (Lipinski definition) is 5. The summed E-state index contributed by atoms with van der Waals surface area (Å²) in [6.07, 6.45) is 1.51. The average Bonchev–Trinajstić information content (AvgIpc) is 3.32. The molecule has 5 rings (SSSR count). The Morgan fingerprint density at radius 3 is 2.02 bits per heavy atom. The Morgan fingerprint density at radius 1 is 0.902 bits per heavy atom. The molecule has 0 aliphatic carbocycles. The molecule has 2 fully saturated rings. The molecule has 2 saturated heterocycles. The molecule has 0 unspecified atom stereocenters. The molecular weight excluding hydrogens is 516 g/mol. The highest BCUT2D eigenvalue weighted by molar-refractivity contribution is 5.98. The normalized spacial score (nSPS) is 22.0. The highest BCUT2D eigenvalue weighted by Gasteiger charge is 2.64. The fraction of sp³-hybridized carbons (Fsp3) is 0.324. The molecule has 7 nitrogen and oxygen atoms in total. The van der Waals surface area contributed by atoms with Crippen LogP contribution < -0.4 is 0 Å². The number of hydrogen-bond donors (Lipinski definition) is 0. The highest BCUT2D eigenvalue weighted by Crippen LogP contribution is 2.49. The van der Waals surface area contributed by atoms with Crippen LogP contribution in [0.3, 0.4) is 0 Å². The second kappa shape index (κ2) is 11.2. The lowest BCUT2D eigenvalue weighted by Gasteiger charge is -2.58. The van der Waals surface area contributed by atoms with E-state index in [4.69, 9.17) is 9.47 Å². The molecular formula is C34H36N2O5. The van der Waals surface area contributed by atoms with Gasteiger partial charge in [0.05, 0.1) is 12.1 Å². The number of rotatable bonds is 9. The van der Waals surface area contributed by atoms with Crippen LogP contribution in [0.5, 0.6) is 0 Å². The Labute approximate surface area is 241 Å². The van der Waals surface area contributed by atoms with Crippen molar-refractivity contribution in [1.29, 1.82) is 0 Å². The number of likely N-dealkylation sites (tertiary alicyclic amines) is 1. The Morgan fingerprint density at radius 2 is 1.46 bits per heavy atom. The number of cyclic esters (lactones) is 1. The zero-order valence-electron chi connectivity index (χ0n) is 23.7. The topological polar surface area (TPSA) is 76.2 Å². The zero-order valence-corrected chi connectivity index (χ0v) is 23.7. The van der Waals surface area contributed by atoms with Gasteiger partial charge in [0.2, 0.25) is 5.91 Å². The number of carbonyl (C=O) groups excluding carboxylic acids is 3. The van der Waals surface area contributed by atoms with E-state index < -0.39 is 41.3 Å². The monoisotopic (exact) mass is 552 g/mol. The fourth-order valence-electron chi connectivity index (χ4n) is 5.93. The van der Waals surface area contributed by atoms with Gasteiger partial charge in [-0.25, -0.2) is 9.59 Å². The summed E-state index contributed by atoms with van der Waals surface area (Å²) in [5.41, 5.74) is 0.397. The molecule has 3 aromatic rings. The summed E-state index contributed by atoms with van der Waals surface area (Å²) in [6, 6.07) is 26.8. The summed E-state index contributed by atoms with van der Waals surface area (Å²) >= 11 is 0. The standard InChI is InChI=1S/C34H36N2O5/c1-5-21-34(31(38)41-33(2,3)4,22-24-15-9-6-10-16-24)36-28(26-19-13-8-14-20-26)29(30(36)37)35-27(23-40-32(35)39)25-17-11-7-12-18-25/h5-20,27-29H,1,21-23H2,2-4H3/t27-,28-,29+,34+/m1/s1. The Bertz CT molecular complexity index is 1400. The second-order valence-electron chi connectivity index (χ2n) is 11.6. The van der Waals surface area contributed by atoms with Crippen molar-refractivity contribution >= 4 is 18.0 Å². The molecule has 212 valence electrons. The summed E-state index contributed by atoms with van der Waals surface area (Å²) in [5, 5.41) is 0. The predicted molar refractivity (Wildman–Crippen MR) is 156 cm³/mol. The van der Waals surface area contributed by atoms with Crippen LogP contribution in [0.15, 0.2) is 104 Å². The molecule has 0 radical (unpaired) electrons. The van der Waals surface area contributed by atoms with Gasteiger partial charge in [-0.05, 0) is 43.9 Å². The summed E-state index contributed by atoms with van der Waals surface area (Å²) in [7, 11) is 0. The lowest BCUT2D eigenvalue weighted by atomic mass is 9.76. The van der Waals surface area contributed by atoms with Gasteiger partial charge in [-0.3, -0.25) is 9.69 Å². The van der Waals surface area contributed by atoms with Crippen molar-refractivity contribution in [3.05, 3.63) is 120 Å². The minimum absolute atomic E-state index is 0.141. The number of ether oxygens (including phenoxy) is 2. The first-order valence-corrected chi connectivity index (χ1v) is 13.9. The maximum Gasteiger partial charge on any atom is 0.411 e. The van der Waals surface area contributed by atoms with Gasteiger partial charge >= 0.3 is 12.1 Å². The molecule has 41 heavy (non-hydrogen) atoms. The third kappa shape index (κ3) is 5.36. The van der Waals surface area contributed by atoms with Gasteiger partial charge in [-0.15, -0.1) is 6.58 Å².